The van der Waals surface area contributed by atoms with Crippen molar-refractivity contribution in [1.29, 1.82) is 0 Å². The number of aryl methyl sites for hydroxylation is 1. The monoisotopic (exact) mass is 647 g/mol. The fraction of sp³-hybridized carbons (Fsp3) is 0.429. The zero-order valence-electron chi connectivity index (χ0n) is 27.2. The van der Waals surface area contributed by atoms with Gasteiger partial charge in [0, 0.05) is 30.4 Å². The van der Waals surface area contributed by atoms with Gasteiger partial charge in [-0.2, -0.15) is 13.2 Å². The molecule has 11 heteroatoms. The van der Waals surface area contributed by atoms with Crippen molar-refractivity contribution in [2.45, 2.75) is 72.1 Å². The van der Waals surface area contributed by atoms with E-state index >= 15 is 0 Å². The largest absolute Gasteiger partial charge is 0.497 e. The van der Waals surface area contributed by atoms with Crippen LogP contribution in [0.4, 0.5) is 23.2 Å². The second-order valence-electron chi connectivity index (χ2n) is 12.3. The Bertz CT molecular complexity index is 1590. The first kappa shape index (κ1) is 36.3. The molecular weight excluding hydrogens is 606 g/mol. The molecule has 2 heterocycles. The number of carboxylic acid groups (broad SMARTS) is 1. The maximum atomic E-state index is 14.9. The minimum Gasteiger partial charge on any atom is -0.497 e. The van der Waals surface area contributed by atoms with Gasteiger partial charge in [0.05, 0.1) is 31.3 Å². The summed E-state index contributed by atoms with van der Waals surface area (Å²) in [6.45, 7) is 10.6. The van der Waals surface area contributed by atoms with Crippen LogP contribution in [0.1, 0.15) is 70.9 Å². The minimum absolute atomic E-state index is 0.0627. The number of likely N-dealkylation sites (N-methyl/N-ethyl adjacent to an activating group) is 1. The Labute approximate surface area is 266 Å². The Hall–Kier alpha value is -4.12. The Kier molecular flexibility index (Phi) is 11.5. The highest BCUT2D eigenvalue weighted by Gasteiger charge is 2.34. The van der Waals surface area contributed by atoms with Crippen LogP contribution in [0.15, 0.2) is 30.3 Å². The third-order valence-corrected chi connectivity index (χ3v) is 7.58. The molecule has 2 aliphatic rings. The van der Waals surface area contributed by atoms with Gasteiger partial charge >= 0.3 is 12.1 Å². The molecule has 0 saturated carbocycles. The fourth-order valence-electron chi connectivity index (χ4n) is 5.51. The molecule has 0 atom stereocenters. The van der Waals surface area contributed by atoms with Crippen LogP contribution in [0.5, 0.6) is 11.5 Å². The van der Waals surface area contributed by atoms with Gasteiger partial charge in [-0.1, -0.05) is 0 Å². The Morgan fingerprint density at radius 2 is 1.74 bits per heavy atom. The molecule has 0 spiro atoms. The molecule has 0 unspecified atom stereocenters. The number of nitrogens with zero attached hydrogens (tertiary/aromatic N) is 1. The number of rotatable bonds is 5. The number of aliphatic carboxylic acids is 1. The van der Waals surface area contributed by atoms with Crippen molar-refractivity contribution in [3.8, 4) is 22.6 Å². The number of carboxylic acids is 1. The third-order valence-electron chi connectivity index (χ3n) is 7.58. The number of anilines is 1. The van der Waals surface area contributed by atoms with Gasteiger partial charge in [0.25, 0.3) is 0 Å². The van der Waals surface area contributed by atoms with Crippen LogP contribution >= 0.6 is 0 Å². The van der Waals surface area contributed by atoms with E-state index in [4.69, 9.17) is 9.84 Å². The van der Waals surface area contributed by atoms with E-state index in [1.807, 2.05) is 20.9 Å². The topological polar surface area (TPSA) is 96.3 Å². The maximum absolute atomic E-state index is 14.9. The standard InChI is InChI=1S/C22H24FNO3.C9H7F3O2.C4H10O/c1-12-9-19-15(6-7-24(19)3)21(16(12)11-20(25)26)17-10-18(23)22-14(13(17)2)5-4-8-27-22;1-14-7-3-2-6(5-13)8(4-7)9(10,11)12;1-4(2,3)5/h9-10H,4-8,11H2,1-3H3,(H,25,26);2-5H,1H3;5H,1-3H3. The van der Waals surface area contributed by atoms with E-state index in [1.165, 1.54) is 19.2 Å². The average Bonchev–Trinajstić information content (AvgIpc) is 3.33. The summed E-state index contributed by atoms with van der Waals surface area (Å²) in [5, 5.41) is 18.0. The molecule has 46 heavy (non-hydrogen) atoms. The normalized spacial score (nSPS) is 13.7. The van der Waals surface area contributed by atoms with Crippen LogP contribution in [-0.4, -0.2) is 55.4 Å². The van der Waals surface area contributed by atoms with Crippen molar-refractivity contribution >= 4 is 17.9 Å². The number of hydrogen-bond donors (Lipinski definition) is 2. The van der Waals surface area contributed by atoms with Crippen LogP contribution in [0, 0.1) is 19.7 Å². The summed E-state index contributed by atoms with van der Waals surface area (Å²) in [5.41, 5.74) is 5.72. The highest BCUT2D eigenvalue weighted by Crippen LogP contribution is 2.44. The molecule has 0 amide bonds. The maximum Gasteiger partial charge on any atom is 0.417 e. The predicted molar refractivity (Wildman–Crippen MR) is 169 cm³/mol. The van der Waals surface area contributed by atoms with Gasteiger partial charge < -0.3 is 24.6 Å². The van der Waals surface area contributed by atoms with E-state index in [1.54, 1.807) is 20.8 Å². The van der Waals surface area contributed by atoms with E-state index in [0.29, 0.717) is 12.4 Å². The first-order valence-electron chi connectivity index (χ1n) is 14.8. The molecule has 0 fully saturated rings. The molecule has 0 aromatic heterocycles. The number of methoxy groups -OCH3 is 1. The summed E-state index contributed by atoms with van der Waals surface area (Å²) in [5.74, 6) is -0.787. The van der Waals surface area contributed by atoms with Crippen molar-refractivity contribution < 1.29 is 46.8 Å². The van der Waals surface area contributed by atoms with Crippen molar-refractivity contribution in [1.82, 2.24) is 0 Å². The van der Waals surface area contributed by atoms with Crippen LogP contribution in [0.25, 0.3) is 11.1 Å². The lowest BCUT2D eigenvalue weighted by molar-refractivity contribution is -0.138. The molecule has 2 aliphatic heterocycles. The van der Waals surface area contributed by atoms with Gasteiger partial charge in [-0.05, 0) is 118 Å². The highest BCUT2D eigenvalue weighted by molar-refractivity contribution is 5.86. The molecule has 3 aromatic carbocycles. The lowest BCUT2D eigenvalue weighted by atomic mass is 9.84. The molecule has 0 radical (unpaired) electrons. The van der Waals surface area contributed by atoms with E-state index in [0.717, 1.165) is 82.6 Å². The van der Waals surface area contributed by atoms with Gasteiger partial charge in [-0.25, -0.2) is 4.39 Å². The number of ether oxygens (including phenoxy) is 2. The smallest absolute Gasteiger partial charge is 0.417 e. The van der Waals surface area contributed by atoms with Gasteiger partial charge in [0.1, 0.15) is 5.75 Å². The van der Waals surface area contributed by atoms with Crippen LogP contribution in [0.2, 0.25) is 0 Å². The van der Waals surface area contributed by atoms with Crippen molar-refractivity contribution in [3.63, 3.8) is 0 Å². The summed E-state index contributed by atoms with van der Waals surface area (Å²) in [6, 6.07) is 6.78. The fourth-order valence-corrected chi connectivity index (χ4v) is 5.51. The second kappa shape index (κ2) is 14.5. The molecule has 250 valence electrons. The zero-order chi connectivity index (χ0) is 34.6. The molecule has 7 nitrogen and oxygen atoms in total. The van der Waals surface area contributed by atoms with E-state index in [9.17, 15) is 32.3 Å². The van der Waals surface area contributed by atoms with Crippen molar-refractivity contribution in [2.75, 3.05) is 32.2 Å². The lowest BCUT2D eigenvalue weighted by Gasteiger charge is -2.25. The number of fused-ring (bicyclic) bond motifs is 2. The quantitative estimate of drug-likeness (QED) is 0.221. The van der Waals surface area contributed by atoms with Gasteiger partial charge in [0.2, 0.25) is 0 Å². The average molecular weight is 648 g/mol. The first-order valence-corrected chi connectivity index (χ1v) is 14.8. The second-order valence-corrected chi connectivity index (χ2v) is 12.3. The number of benzene rings is 3. The van der Waals surface area contributed by atoms with Crippen LogP contribution < -0.4 is 14.4 Å². The van der Waals surface area contributed by atoms with Crippen LogP contribution in [-0.2, 0) is 30.2 Å². The molecule has 0 saturated heterocycles. The Morgan fingerprint density at radius 3 is 2.30 bits per heavy atom. The number of carbonyl (C=O) groups excluding carboxylic acids is 1. The summed E-state index contributed by atoms with van der Waals surface area (Å²) in [6.07, 6.45) is -1.94. The molecule has 0 bridgehead atoms. The SMILES string of the molecule is CC(C)(C)O.COc1ccc(C=O)c(C(F)(F)F)c1.Cc1cc2c(c(-c3cc(F)c4c(c3C)CCCO4)c1CC(=O)O)CCN2C. The summed E-state index contributed by atoms with van der Waals surface area (Å²) in [4.78, 5) is 24.1. The van der Waals surface area contributed by atoms with E-state index < -0.39 is 28.9 Å². The van der Waals surface area contributed by atoms with E-state index in [-0.39, 0.29) is 24.3 Å². The minimum atomic E-state index is -4.54. The number of hydrogen-bond acceptors (Lipinski definition) is 6. The predicted octanol–water partition coefficient (Wildman–Crippen LogP) is 7.36. The molecule has 2 N–H and O–H groups in total. The Morgan fingerprint density at radius 1 is 1.09 bits per heavy atom. The van der Waals surface area contributed by atoms with Crippen molar-refractivity contribution in [3.05, 3.63) is 75.1 Å². The third kappa shape index (κ3) is 8.78. The Balaban J connectivity index is 0.000000254. The number of alkyl halides is 3. The highest BCUT2D eigenvalue weighted by atomic mass is 19.4. The lowest BCUT2D eigenvalue weighted by Crippen LogP contribution is -2.14. The van der Waals surface area contributed by atoms with Gasteiger partial charge in [-0.15, -0.1) is 0 Å². The zero-order valence-corrected chi connectivity index (χ0v) is 27.2. The summed E-state index contributed by atoms with van der Waals surface area (Å²) >= 11 is 0. The van der Waals surface area contributed by atoms with Gasteiger partial charge in [0.15, 0.2) is 17.9 Å². The number of carbonyl (C=O) groups is 2. The molecule has 5 rings (SSSR count). The van der Waals surface area contributed by atoms with Crippen LogP contribution in [0.3, 0.4) is 0 Å². The van der Waals surface area contributed by atoms with Gasteiger partial charge in [-0.3, -0.25) is 9.59 Å². The molecule has 3 aromatic rings. The number of aliphatic hydroxyl groups is 1. The molecule has 0 aliphatic carbocycles. The molecular formula is C35H41F4NO6. The number of aldehydes is 1. The van der Waals surface area contributed by atoms with Crippen molar-refractivity contribution in [2.24, 2.45) is 0 Å². The summed E-state index contributed by atoms with van der Waals surface area (Å²) < 4.78 is 62.1. The number of halogens is 4. The first-order chi connectivity index (χ1) is 21.4. The van der Waals surface area contributed by atoms with E-state index in [2.05, 4.69) is 15.7 Å². The summed E-state index contributed by atoms with van der Waals surface area (Å²) in [7, 11) is 3.30.